The summed E-state index contributed by atoms with van der Waals surface area (Å²) < 4.78 is 0. The summed E-state index contributed by atoms with van der Waals surface area (Å²) in [5, 5.41) is 12.6. The fraction of sp³-hybridized carbons (Fsp3) is 0.263. The van der Waals surface area contributed by atoms with Crippen molar-refractivity contribution in [2.45, 2.75) is 33.3 Å². The zero-order chi connectivity index (χ0) is 14.3. The van der Waals surface area contributed by atoms with Crippen molar-refractivity contribution < 1.29 is 51.6 Å². The molecular formula is C19H20Cl2OTi. The van der Waals surface area contributed by atoms with E-state index in [-0.39, 0.29) is 46.5 Å². The third-order valence-electron chi connectivity index (χ3n) is 4.11. The standard InChI is InChI=1S/C19H20O.2ClH.Ti/c1-12-10-13(2)18(11-12)17-9-8-15-6-4-5-7-16(15)19(17)14(3)20;;;/h4-10,14,20H,11H2,1-3H3;2*1H;/q;;;+2/p-2. The van der Waals surface area contributed by atoms with E-state index >= 15 is 0 Å². The van der Waals surface area contributed by atoms with Crippen LogP contribution >= 0.6 is 0 Å². The smallest absolute Gasteiger partial charge is 1.00 e. The maximum atomic E-state index is 10.3. The number of allylic oxidation sites excluding steroid dienone is 4. The summed E-state index contributed by atoms with van der Waals surface area (Å²) in [6.07, 6.45) is 2.78. The number of aliphatic hydroxyl groups excluding tert-OH is 1. The topological polar surface area (TPSA) is 20.2 Å². The van der Waals surface area contributed by atoms with Gasteiger partial charge in [-0.3, -0.25) is 0 Å². The first-order valence-electron chi connectivity index (χ1n) is 7.15. The van der Waals surface area contributed by atoms with Crippen LogP contribution in [0.5, 0.6) is 0 Å². The SMILES string of the molecule is CC1=CC(C)=C(c2ccc3ccccc3c2C(C)O)C1.[Cl-].[Cl-].[Ti+2]. The molecule has 0 radical (unpaired) electrons. The molecule has 0 heterocycles. The van der Waals surface area contributed by atoms with Crippen LogP contribution in [0.3, 0.4) is 0 Å². The molecule has 0 saturated carbocycles. The summed E-state index contributed by atoms with van der Waals surface area (Å²) >= 11 is 0. The van der Waals surface area contributed by atoms with Crippen molar-refractivity contribution in [1.29, 1.82) is 0 Å². The predicted molar refractivity (Wildman–Crippen MR) is 85.5 cm³/mol. The van der Waals surface area contributed by atoms with E-state index < -0.39 is 6.10 Å². The van der Waals surface area contributed by atoms with Crippen LogP contribution in [0.1, 0.15) is 44.4 Å². The van der Waals surface area contributed by atoms with Gasteiger partial charge < -0.3 is 29.9 Å². The van der Waals surface area contributed by atoms with Crippen LogP contribution in [-0.2, 0) is 21.7 Å². The monoisotopic (exact) mass is 382 g/mol. The average molecular weight is 383 g/mol. The Hall–Kier alpha value is -0.566. The Morgan fingerprint density at radius 2 is 1.65 bits per heavy atom. The van der Waals surface area contributed by atoms with E-state index in [2.05, 4.69) is 44.2 Å². The van der Waals surface area contributed by atoms with Crippen LogP contribution in [0.25, 0.3) is 16.3 Å². The van der Waals surface area contributed by atoms with Crippen molar-refractivity contribution in [3.63, 3.8) is 0 Å². The molecule has 1 aliphatic carbocycles. The molecule has 2 aromatic rings. The molecule has 4 heteroatoms. The first-order valence-corrected chi connectivity index (χ1v) is 7.15. The van der Waals surface area contributed by atoms with E-state index in [9.17, 15) is 5.11 Å². The first-order chi connectivity index (χ1) is 9.58. The summed E-state index contributed by atoms with van der Waals surface area (Å²) in [6, 6.07) is 12.6. The molecule has 0 spiro atoms. The molecule has 0 saturated heterocycles. The van der Waals surface area contributed by atoms with Crippen molar-refractivity contribution in [1.82, 2.24) is 0 Å². The number of hydrogen-bond acceptors (Lipinski definition) is 1. The Morgan fingerprint density at radius 3 is 2.22 bits per heavy atom. The van der Waals surface area contributed by atoms with Crippen LogP contribution in [0.2, 0.25) is 0 Å². The number of benzene rings is 2. The molecule has 1 atom stereocenters. The van der Waals surface area contributed by atoms with Gasteiger partial charge in [-0.05, 0) is 60.2 Å². The van der Waals surface area contributed by atoms with Crippen LogP contribution in [0, 0.1) is 0 Å². The quantitative estimate of drug-likeness (QED) is 0.662. The van der Waals surface area contributed by atoms with Crippen molar-refractivity contribution in [2.75, 3.05) is 0 Å². The van der Waals surface area contributed by atoms with E-state index in [1.807, 2.05) is 19.1 Å². The Balaban J connectivity index is 0.00000161. The number of aliphatic hydroxyl groups is 1. The van der Waals surface area contributed by atoms with Gasteiger partial charge in [0, 0.05) is 0 Å². The molecule has 23 heavy (non-hydrogen) atoms. The van der Waals surface area contributed by atoms with Crippen LogP contribution < -0.4 is 24.8 Å². The summed E-state index contributed by atoms with van der Waals surface area (Å²) in [7, 11) is 0. The second-order valence-electron chi connectivity index (χ2n) is 5.75. The van der Waals surface area contributed by atoms with Crippen molar-refractivity contribution in [3.05, 3.63) is 64.7 Å². The Morgan fingerprint density at radius 1 is 1.00 bits per heavy atom. The fourth-order valence-electron chi connectivity index (χ4n) is 3.24. The van der Waals surface area contributed by atoms with Gasteiger partial charge in [0.2, 0.25) is 0 Å². The summed E-state index contributed by atoms with van der Waals surface area (Å²) in [4.78, 5) is 0. The maximum Gasteiger partial charge on any atom is 2.00 e. The Labute approximate surface area is 165 Å². The summed E-state index contributed by atoms with van der Waals surface area (Å²) in [5.41, 5.74) is 6.32. The number of halogens is 2. The number of hydrogen-bond donors (Lipinski definition) is 1. The fourth-order valence-corrected chi connectivity index (χ4v) is 3.24. The minimum atomic E-state index is -0.461. The normalized spacial score (nSPS) is 14.5. The summed E-state index contributed by atoms with van der Waals surface area (Å²) in [6.45, 7) is 6.18. The van der Waals surface area contributed by atoms with E-state index in [1.165, 1.54) is 27.7 Å². The molecular weight excluding hydrogens is 363 g/mol. The van der Waals surface area contributed by atoms with Gasteiger partial charge in [0.25, 0.3) is 0 Å². The van der Waals surface area contributed by atoms with Crippen LogP contribution in [0.4, 0.5) is 0 Å². The van der Waals surface area contributed by atoms with Gasteiger partial charge in [-0.25, -0.2) is 0 Å². The first kappa shape index (κ1) is 22.4. The van der Waals surface area contributed by atoms with Crippen LogP contribution in [0.15, 0.2) is 53.6 Å². The minimum absolute atomic E-state index is 0. The van der Waals surface area contributed by atoms with Gasteiger partial charge in [0.05, 0.1) is 6.10 Å². The molecule has 3 rings (SSSR count). The minimum Gasteiger partial charge on any atom is -1.00 e. The molecule has 0 aromatic heterocycles. The van der Waals surface area contributed by atoms with Crippen molar-refractivity contribution >= 4 is 16.3 Å². The van der Waals surface area contributed by atoms with E-state index in [0.717, 1.165) is 17.4 Å². The van der Waals surface area contributed by atoms with Gasteiger partial charge in [0.1, 0.15) is 0 Å². The zero-order valence-corrected chi connectivity index (χ0v) is 16.6. The van der Waals surface area contributed by atoms with Gasteiger partial charge in [-0.15, -0.1) is 0 Å². The Kier molecular flexibility index (Phi) is 8.83. The largest absolute Gasteiger partial charge is 2.00 e. The van der Waals surface area contributed by atoms with E-state index in [4.69, 9.17) is 0 Å². The zero-order valence-electron chi connectivity index (χ0n) is 13.5. The Bertz CT molecular complexity index is 748. The third kappa shape index (κ3) is 4.29. The van der Waals surface area contributed by atoms with Gasteiger partial charge in [-0.1, -0.05) is 48.0 Å². The van der Waals surface area contributed by atoms with Gasteiger partial charge in [-0.2, -0.15) is 0 Å². The predicted octanol–water partition coefficient (Wildman–Crippen LogP) is -0.978. The molecule has 0 aliphatic heterocycles. The van der Waals surface area contributed by atoms with E-state index in [1.54, 1.807) is 0 Å². The van der Waals surface area contributed by atoms with Crippen molar-refractivity contribution in [2.24, 2.45) is 0 Å². The van der Waals surface area contributed by atoms with Crippen molar-refractivity contribution in [3.8, 4) is 0 Å². The van der Waals surface area contributed by atoms with E-state index in [0.29, 0.717) is 0 Å². The molecule has 1 aliphatic rings. The molecule has 1 nitrogen and oxygen atoms in total. The average Bonchev–Trinajstić information content (AvgIpc) is 2.76. The second-order valence-corrected chi connectivity index (χ2v) is 5.75. The molecule has 1 unspecified atom stereocenters. The molecule has 0 amide bonds. The number of fused-ring (bicyclic) bond motifs is 1. The number of rotatable bonds is 2. The maximum absolute atomic E-state index is 10.3. The van der Waals surface area contributed by atoms with Crippen LogP contribution in [-0.4, -0.2) is 5.11 Å². The molecule has 0 bridgehead atoms. The summed E-state index contributed by atoms with van der Waals surface area (Å²) in [5.74, 6) is 0. The second kappa shape index (κ2) is 9.06. The third-order valence-corrected chi connectivity index (χ3v) is 4.11. The molecule has 1 N–H and O–H groups in total. The molecule has 2 aromatic carbocycles. The molecule has 120 valence electrons. The van der Waals surface area contributed by atoms with Gasteiger partial charge >= 0.3 is 21.7 Å². The molecule has 0 fully saturated rings. The van der Waals surface area contributed by atoms with Gasteiger partial charge in [0.15, 0.2) is 0 Å².